The molecule has 1 aromatic rings. The van der Waals surface area contributed by atoms with E-state index in [9.17, 15) is 0 Å². The number of nitrogen functional groups attached to an aromatic ring is 1. The summed E-state index contributed by atoms with van der Waals surface area (Å²) in [6.07, 6.45) is 0. The Bertz CT molecular complexity index is 319. The average molecular weight is 183 g/mol. The van der Waals surface area contributed by atoms with Crippen LogP contribution in [0.3, 0.4) is 0 Å². The van der Waals surface area contributed by atoms with Crippen molar-refractivity contribution in [3.05, 3.63) is 0 Å². The molecule has 0 aliphatic carbocycles. The van der Waals surface area contributed by atoms with Crippen molar-refractivity contribution in [1.82, 2.24) is 9.78 Å². The molecule has 0 saturated heterocycles. The molecule has 1 aromatic heterocycles. The molecule has 5 nitrogen and oxygen atoms in total. The summed E-state index contributed by atoms with van der Waals surface area (Å²) >= 11 is 0. The van der Waals surface area contributed by atoms with Crippen molar-refractivity contribution in [2.75, 3.05) is 12.5 Å². The van der Waals surface area contributed by atoms with Gasteiger partial charge in [-0.15, -0.1) is 5.10 Å². The van der Waals surface area contributed by atoms with Gasteiger partial charge in [0.15, 0.2) is 5.82 Å². The maximum absolute atomic E-state index is 5.63. The molecular formula is C8H13N3O2. The first-order chi connectivity index (χ1) is 6.18. The first kappa shape index (κ1) is 8.22. The fourth-order valence-electron chi connectivity index (χ4n) is 1.34. The second kappa shape index (κ2) is 2.83. The van der Waals surface area contributed by atoms with Crippen LogP contribution in [0.25, 0.3) is 0 Å². The summed E-state index contributed by atoms with van der Waals surface area (Å²) in [5, 5.41) is 4.12. The Morgan fingerprint density at radius 1 is 1.54 bits per heavy atom. The van der Waals surface area contributed by atoms with Crippen molar-refractivity contribution in [3.8, 4) is 11.6 Å². The highest BCUT2D eigenvalue weighted by Crippen LogP contribution is 2.37. The molecule has 2 rings (SSSR count). The van der Waals surface area contributed by atoms with Crippen LogP contribution < -0.4 is 15.2 Å². The second-order valence-corrected chi connectivity index (χ2v) is 3.50. The Morgan fingerprint density at radius 2 is 2.31 bits per heavy atom. The minimum absolute atomic E-state index is 0.246. The number of hydrogen-bond acceptors (Lipinski definition) is 4. The van der Waals surface area contributed by atoms with E-state index in [2.05, 4.69) is 18.9 Å². The third-order valence-electron chi connectivity index (χ3n) is 1.83. The highest BCUT2D eigenvalue weighted by Gasteiger charge is 2.24. The van der Waals surface area contributed by atoms with Crippen molar-refractivity contribution in [2.24, 2.45) is 5.92 Å². The molecule has 0 fully saturated rings. The molecule has 5 heteroatoms. The molecule has 0 unspecified atom stereocenters. The summed E-state index contributed by atoms with van der Waals surface area (Å²) in [6.45, 7) is 5.26. The minimum Gasteiger partial charge on any atom is -0.448 e. The normalized spacial score (nSPS) is 14.1. The topological polar surface area (TPSA) is 62.3 Å². The molecule has 0 aromatic carbocycles. The number of hydrogen-bond donors (Lipinski definition) is 1. The number of ether oxygens (including phenoxy) is 2. The molecule has 2 heterocycles. The van der Waals surface area contributed by atoms with Crippen LogP contribution in [0.15, 0.2) is 0 Å². The van der Waals surface area contributed by atoms with Gasteiger partial charge in [0.2, 0.25) is 12.5 Å². The van der Waals surface area contributed by atoms with E-state index in [1.54, 1.807) is 4.68 Å². The van der Waals surface area contributed by atoms with Crippen molar-refractivity contribution in [1.29, 1.82) is 0 Å². The second-order valence-electron chi connectivity index (χ2n) is 3.50. The summed E-state index contributed by atoms with van der Waals surface area (Å²) in [7, 11) is 0. The van der Waals surface area contributed by atoms with Crippen molar-refractivity contribution >= 4 is 5.82 Å². The fourth-order valence-corrected chi connectivity index (χ4v) is 1.34. The maximum Gasteiger partial charge on any atom is 0.261 e. The highest BCUT2D eigenvalue weighted by molar-refractivity contribution is 5.54. The lowest BCUT2D eigenvalue weighted by Crippen LogP contribution is -2.09. The molecule has 0 radical (unpaired) electrons. The van der Waals surface area contributed by atoms with Gasteiger partial charge in [0.25, 0.3) is 5.88 Å². The van der Waals surface area contributed by atoms with Gasteiger partial charge in [0.1, 0.15) is 0 Å². The van der Waals surface area contributed by atoms with Crippen molar-refractivity contribution < 1.29 is 9.47 Å². The predicted octanol–water partition coefficient (Wildman–Crippen LogP) is 0.850. The molecular weight excluding hydrogens is 170 g/mol. The van der Waals surface area contributed by atoms with E-state index >= 15 is 0 Å². The van der Waals surface area contributed by atoms with Crippen molar-refractivity contribution in [3.63, 3.8) is 0 Å². The van der Waals surface area contributed by atoms with Gasteiger partial charge in [-0.2, -0.15) is 0 Å². The van der Waals surface area contributed by atoms with E-state index in [1.165, 1.54) is 0 Å². The lowest BCUT2D eigenvalue weighted by atomic mass is 10.2. The summed E-state index contributed by atoms with van der Waals surface area (Å²) < 4.78 is 12.2. The lowest BCUT2D eigenvalue weighted by molar-refractivity contribution is 0.161. The largest absolute Gasteiger partial charge is 0.448 e. The zero-order valence-corrected chi connectivity index (χ0v) is 7.78. The van der Waals surface area contributed by atoms with E-state index in [-0.39, 0.29) is 6.79 Å². The van der Waals surface area contributed by atoms with Crippen molar-refractivity contribution in [2.45, 2.75) is 20.4 Å². The first-order valence-electron chi connectivity index (χ1n) is 4.30. The molecule has 0 amide bonds. The van der Waals surface area contributed by atoms with E-state index in [0.29, 0.717) is 23.4 Å². The minimum atomic E-state index is 0.246. The fraction of sp³-hybridized carbons (Fsp3) is 0.625. The van der Waals surface area contributed by atoms with E-state index in [4.69, 9.17) is 15.2 Å². The van der Waals surface area contributed by atoms with Gasteiger partial charge in [-0.05, 0) is 5.92 Å². The summed E-state index contributed by atoms with van der Waals surface area (Å²) in [6, 6.07) is 0. The van der Waals surface area contributed by atoms with Crippen LogP contribution in [0.5, 0.6) is 11.6 Å². The number of nitrogens with two attached hydrogens (primary N) is 1. The zero-order valence-electron chi connectivity index (χ0n) is 7.78. The zero-order chi connectivity index (χ0) is 9.42. The van der Waals surface area contributed by atoms with Crippen LogP contribution >= 0.6 is 0 Å². The molecule has 0 atom stereocenters. The molecule has 1 aliphatic heterocycles. The Kier molecular flexibility index (Phi) is 1.79. The quantitative estimate of drug-likeness (QED) is 0.738. The SMILES string of the molecule is CC(C)Cn1nc(N)c2c1OCO2. The van der Waals surface area contributed by atoms with Gasteiger partial charge in [-0.25, -0.2) is 4.68 Å². The number of nitrogens with zero attached hydrogens (tertiary/aromatic N) is 2. The third kappa shape index (κ3) is 1.30. The number of fused-ring (bicyclic) bond motifs is 1. The van der Waals surface area contributed by atoms with Gasteiger partial charge < -0.3 is 15.2 Å². The van der Waals surface area contributed by atoms with Crippen LogP contribution in [0.2, 0.25) is 0 Å². The number of aromatic nitrogens is 2. The molecule has 72 valence electrons. The van der Waals surface area contributed by atoms with Gasteiger partial charge in [0.05, 0.1) is 0 Å². The highest BCUT2D eigenvalue weighted by atomic mass is 16.7. The molecule has 0 saturated carbocycles. The van der Waals surface area contributed by atoms with Gasteiger partial charge in [0, 0.05) is 6.54 Å². The summed E-state index contributed by atoms with van der Waals surface area (Å²) in [5.74, 6) is 2.16. The Hall–Kier alpha value is -1.39. The predicted molar refractivity (Wildman–Crippen MR) is 47.6 cm³/mol. The Labute approximate surface area is 76.4 Å². The van der Waals surface area contributed by atoms with E-state index in [0.717, 1.165) is 6.54 Å². The van der Waals surface area contributed by atoms with E-state index in [1.807, 2.05) is 0 Å². The van der Waals surface area contributed by atoms with Crippen LogP contribution in [0.4, 0.5) is 5.82 Å². The van der Waals surface area contributed by atoms with Crippen LogP contribution in [-0.2, 0) is 6.54 Å². The molecule has 2 N–H and O–H groups in total. The standard InChI is InChI=1S/C8H13N3O2/c1-5(2)3-11-8-6(7(9)10-11)12-4-13-8/h5H,3-4H2,1-2H3,(H2,9,10). The number of anilines is 1. The Morgan fingerprint density at radius 3 is 3.00 bits per heavy atom. The third-order valence-corrected chi connectivity index (χ3v) is 1.83. The van der Waals surface area contributed by atoms with Gasteiger partial charge in [-0.3, -0.25) is 0 Å². The Balaban J connectivity index is 2.31. The van der Waals surface area contributed by atoms with Crippen LogP contribution in [-0.4, -0.2) is 16.6 Å². The smallest absolute Gasteiger partial charge is 0.261 e. The van der Waals surface area contributed by atoms with Gasteiger partial charge >= 0.3 is 0 Å². The summed E-state index contributed by atoms with van der Waals surface area (Å²) in [5.41, 5.74) is 5.63. The monoisotopic (exact) mass is 183 g/mol. The maximum atomic E-state index is 5.63. The van der Waals surface area contributed by atoms with E-state index < -0.39 is 0 Å². The molecule has 13 heavy (non-hydrogen) atoms. The first-order valence-corrected chi connectivity index (χ1v) is 4.30. The molecule has 1 aliphatic rings. The molecule has 0 bridgehead atoms. The van der Waals surface area contributed by atoms with Crippen LogP contribution in [0, 0.1) is 5.92 Å². The van der Waals surface area contributed by atoms with Crippen LogP contribution in [0.1, 0.15) is 13.8 Å². The van der Waals surface area contributed by atoms with Gasteiger partial charge in [-0.1, -0.05) is 13.8 Å². The molecule has 0 spiro atoms. The average Bonchev–Trinajstić information content (AvgIpc) is 2.56. The number of rotatable bonds is 2. The summed E-state index contributed by atoms with van der Waals surface area (Å²) in [4.78, 5) is 0. The lowest BCUT2D eigenvalue weighted by Gasteiger charge is -2.06.